The predicted octanol–water partition coefficient (Wildman–Crippen LogP) is 1.51. The maximum Gasteiger partial charge on any atom is 0.0767 e. The first kappa shape index (κ1) is 10.6. The second-order valence-corrected chi connectivity index (χ2v) is 4.18. The van der Waals surface area contributed by atoms with Gasteiger partial charge >= 0.3 is 0 Å². The Morgan fingerprint density at radius 1 is 1.54 bits per heavy atom. The zero-order chi connectivity index (χ0) is 9.90. The van der Waals surface area contributed by atoms with Crippen molar-refractivity contribution in [3.8, 4) is 12.3 Å². The van der Waals surface area contributed by atoms with Gasteiger partial charge in [-0.25, -0.2) is 0 Å². The van der Waals surface area contributed by atoms with Gasteiger partial charge in [-0.2, -0.15) is 0 Å². The Morgan fingerprint density at radius 2 is 2.23 bits per heavy atom. The van der Waals surface area contributed by atoms with Crippen molar-refractivity contribution in [1.29, 1.82) is 0 Å². The van der Waals surface area contributed by atoms with Gasteiger partial charge in [0.2, 0.25) is 0 Å². The molecule has 0 bridgehead atoms. The van der Waals surface area contributed by atoms with Gasteiger partial charge in [-0.1, -0.05) is 5.92 Å². The van der Waals surface area contributed by atoms with Gasteiger partial charge in [-0.05, 0) is 27.2 Å². The van der Waals surface area contributed by atoms with Crippen molar-refractivity contribution in [3.05, 3.63) is 0 Å². The SMILES string of the molecule is C#CC(C)(C)N1CCCOC(C)C1. The molecule has 13 heavy (non-hydrogen) atoms. The van der Waals surface area contributed by atoms with E-state index in [0.29, 0.717) is 6.10 Å². The molecule has 0 amide bonds. The zero-order valence-electron chi connectivity index (χ0n) is 8.84. The first-order chi connectivity index (χ1) is 6.06. The lowest BCUT2D eigenvalue weighted by Gasteiger charge is -2.34. The highest BCUT2D eigenvalue weighted by atomic mass is 16.5. The van der Waals surface area contributed by atoms with Crippen molar-refractivity contribution in [3.63, 3.8) is 0 Å². The van der Waals surface area contributed by atoms with Crippen LogP contribution in [0.2, 0.25) is 0 Å². The smallest absolute Gasteiger partial charge is 0.0767 e. The van der Waals surface area contributed by atoms with Gasteiger partial charge in [-0.3, -0.25) is 4.90 Å². The van der Waals surface area contributed by atoms with E-state index in [1.165, 1.54) is 0 Å². The summed E-state index contributed by atoms with van der Waals surface area (Å²) in [5, 5.41) is 0. The maximum absolute atomic E-state index is 5.56. The average Bonchev–Trinajstić information content (AvgIpc) is 2.30. The molecule has 1 rings (SSSR count). The van der Waals surface area contributed by atoms with Gasteiger partial charge < -0.3 is 4.74 Å². The molecular weight excluding hydrogens is 162 g/mol. The van der Waals surface area contributed by atoms with Gasteiger partial charge in [0.25, 0.3) is 0 Å². The van der Waals surface area contributed by atoms with Crippen molar-refractivity contribution in [2.24, 2.45) is 0 Å². The summed E-state index contributed by atoms with van der Waals surface area (Å²) in [6, 6.07) is 0. The van der Waals surface area contributed by atoms with E-state index in [0.717, 1.165) is 26.1 Å². The van der Waals surface area contributed by atoms with Crippen LogP contribution in [0.15, 0.2) is 0 Å². The first-order valence-electron chi connectivity index (χ1n) is 4.90. The topological polar surface area (TPSA) is 12.5 Å². The second-order valence-electron chi connectivity index (χ2n) is 4.18. The van der Waals surface area contributed by atoms with Crippen LogP contribution in [0.5, 0.6) is 0 Å². The van der Waals surface area contributed by atoms with Crippen LogP contribution in [-0.2, 0) is 4.74 Å². The minimum Gasteiger partial charge on any atom is -0.377 e. The van der Waals surface area contributed by atoms with Crippen LogP contribution in [0.1, 0.15) is 27.2 Å². The van der Waals surface area contributed by atoms with E-state index in [9.17, 15) is 0 Å². The number of hydrogen-bond acceptors (Lipinski definition) is 2. The molecule has 0 spiro atoms. The van der Waals surface area contributed by atoms with Crippen LogP contribution in [0.4, 0.5) is 0 Å². The maximum atomic E-state index is 5.56. The largest absolute Gasteiger partial charge is 0.377 e. The van der Waals surface area contributed by atoms with Crippen LogP contribution in [0.25, 0.3) is 0 Å². The molecule has 1 aliphatic rings. The summed E-state index contributed by atoms with van der Waals surface area (Å²) >= 11 is 0. The van der Waals surface area contributed by atoms with Crippen LogP contribution < -0.4 is 0 Å². The molecule has 2 heteroatoms. The minimum atomic E-state index is -0.137. The normalized spacial score (nSPS) is 26.5. The molecule has 0 saturated carbocycles. The molecule has 0 aromatic rings. The minimum absolute atomic E-state index is 0.137. The molecule has 2 nitrogen and oxygen atoms in total. The Kier molecular flexibility index (Phi) is 3.35. The van der Waals surface area contributed by atoms with Crippen molar-refractivity contribution >= 4 is 0 Å². The van der Waals surface area contributed by atoms with E-state index in [4.69, 9.17) is 11.2 Å². The fraction of sp³-hybridized carbons (Fsp3) is 0.818. The fourth-order valence-corrected chi connectivity index (χ4v) is 1.59. The van der Waals surface area contributed by atoms with Gasteiger partial charge in [0.05, 0.1) is 11.6 Å². The lowest BCUT2D eigenvalue weighted by Crippen LogP contribution is -2.45. The van der Waals surface area contributed by atoms with Crippen molar-refractivity contribution in [1.82, 2.24) is 4.90 Å². The third-order valence-electron chi connectivity index (χ3n) is 2.60. The summed E-state index contributed by atoms with van der Waals surface area (Å²) in [6.07, 6.45) is 6.88. The lowest BCUT2D eigenvalue weighted by molar-refractivity contribution is 0.0565. The molecule has 1 saturated heterocycles. The molecular formula is C11H19NO. The van der Waals surface area contributed by atoms with E-state index in [1.807, 2.05) is 0 Å². The average molecular weight is 181 g/mol. The van der Waals surface area contributed by atoms with Gasteiger partial charge in [0, 0.05) is 19.7 Å². The lowest BCUT2D eigenvalue weighted by atomic mass is 10.0. The Labute approximate surface area is 81.3 Å². The fourth-order valence-electron chi connectivity index (χ4n) is 1.59. The summed E-state index contributed by atoms with van der Waals surface area (Å²) < 4.78 is 5.56. The predicted molar refractivity (Wildman–Crippen MR) is 54.5 cm³/mol. The molecule has 1 fully saturated rings. The van der Waals surface area contributed by atoms with Crippen molar-refractivity contribution < 1.29 is 4.74 Å². The molecule has 1 unspecified atom stereocenters. The quantitative estimate of drug-likeness (QED) is 0.569. The molecule has 0 aliphatic carbocycles. The summed E-state index contributed by atoms with van der Waals surface area (Å²) in [7, 11) is 0. The van der Waals surface area contributed by atoms with E-state index in [1.54, 1.807) is 0 Å². The molecule has 0 radical (unpaired) electrons. The molecule has 74 valence electrons. The third-order valence-corrected chi connectivity index (χ3v) is 2.60. The Balaban J connectivity index is 2.63. The number of ether oxygens (including phenoxy) is 1. The Morgan fingerprint density at radius 3 is 2.85 bits per heavy atom. The third kappa shape index (κ3) is 2.72. The highest BCUT2D eigenvalue weighted by Gasteiger charge is 2.27. The van der Waals surface area contributed by atoms with E-state index < -0.39 is 0 Å². The molecule has 1 atom stereocenters. The van der Waals surface area contributed by atoms with Crippen molar-refractivity contribution in [2.45, 2.75) is 38.8 Å². The first-order valence-corrected chi connectivity index (χ1v) is 4.90. The van der Waals surface area contributed by atoms with Gasteiger partial charge in [0.15, 0.2) is 0 Å². The van der Waals surface area contributed by atoms with Gasteiger partial charge in [-0.15, -0.1) is 6.42 Å². The molecule has 0 N–H and O–H groups in total. The molecule has 1 aliphatic heterocycles. The molecule has 0 aromatic heterocycles. The Hall–Kier alpha value is -0.520. The summed E-state index contributed by atoms with van der Waals surface area (Å²) in [5.41, 5.74) is -0.137. The van der Waals surface area contributed by atoms with Crippen LogP contribution in [0, 0.1) is 12.3 Å². The zero-order valence-corrected chi connectivity index (χ0v) is 8.84. The Bertz CT molecular complexity index is 205. The highest BCUT2D eigenvalue weighted by Crippen LogP contribution is 2.17. The summed E-state index contributed by atoms with van der Waals surface area (Å²) in [4.78, 5) is 2.32. The molecule has 1 heterocycles. The number of hydrogen-bond donors (Lipinski definition) is 0. The number of nitrogens with zero attached hydrogens (tertiary/aromatic N) is 1. The monoisotopic (exact) mass is 181 g/mol. The van der Waals surface area contributed by atoms with Crippen LogP contribution in [-0.4, -0.2) is 36.2 Å². The van der Waals surface area contributed by atoms with Crippen molar-refractivity contribution in [2.75, 3.05) is 19.7 Å². The summed E-state index contributed by atoms with van der Waals surface area (Å²) in [6.45, 7) is 9.12. The van der Waals surface area contributed by atoms with E-state index in [-0.39, 0.29) is 5.54 Å². The van der Waals surface area contributed by atoms with Crippen LogP contribution >= 0.6 is 0 Å². The second kappa shape index (κ2) is 4.13. The standard InChI is InChI=1S/C11H19NO/c1-5-11(3,4)12-7-6-8-13-10(2)9-12/h1,10H,6-9H2,2-4H3. The van der Waals surface area contributed by atoms with E-state index in [2.05, 4.69) is 31.6 Å². The summed E-state index contributed by atoms with van der Waals surface area (Å²) in [5.74, 6) is 2.83. The molecule has 0 aromatic carbocycles. The number of rotatable bonds is 1. The highest BCUT2D eigenvalue weighted by molar-refractivity contribution is 5.08. The number of terminal acetylenes is 1. The van der Waals surface area contributed by atoms with Crippen LogP contribution in [0.3, 0.4) is 0 Å². The van der Waals surface area contributed by atoms with Gasteiger partial charge in [0.1, 0.15) is 0 Å². The van der Waals surface area contributed by atoms with E-state index >= 15 is 0 Å².